The first-order chi connectivity index (χ1) is 16.6. The maximum atomic E-state index is 13.2. The molecule has 0 radical (unpaired) electrons. The number of phenolic OH excluding ortho intramolecular Hbond substituents is 1. The maximum Gasteiger partial charge on any atom is 0.235 e. The van der Waals surface area contributed by atoms with Crippen LogP contribution in [0.1, 0.15) is 5.56 Å². The van der Waals surface area contributed by atoms with E-state index in [1.807, 2.05) is 24.3 Å². The van der Waals surface area contributed by atoms with Crippen LogP contribution in [0.25, 0.3) is 11.0 Å². The first-order valence-electron chi connectivity index (χ1n) is 11.2. The summed E-state index contributed by atoms with van der Waals surface area (Å²) in [7, 11) is 1.54. The zero-order valence-corrected chi connectivity index (χ0v) is 18.9. The topological polar surface area (TPSA) is 75.4 Å². The van der Waals surface area contributed by atoms with Crippen LogP contribution in [0, 0.1) is 0 Å². The van der Waals surface area contributed by atoms with Gasteiger partial charge in [0, 0.05) is 38.4 Å². The van der Waals surface area contributed by atoms with E-state index in [1.54, 1.807) is 37.4 Å². The van der Waals surface area contributed by atoms with Gasteiger partial charge in [-0.25, -0.2) is 0 Å². The van der Waals surface area contributed by atoms with E-state index >= 15 is 0 Å². The van der Waals surface area contributed by atoms with Crippen molar-refractivity contribution < 1.29 is 19.0 Å². The highest BCUT2D eigenvalue weighted by molar-refractivity contribution is 5.83. The number of aromatic hydroxyl groups is 1. The Hall–Kier alpha value is -3.97. The van der Waals surface area contributed by atoms with E-state index in [0.29, 0.717) is 34.6 Å². The van der Waals surface area contributed by atoms with Crippen molar-refractivity contribution in [3.05, 3.63) is 88.8 Å². The highest BCUT2D eigenvalue weighted by Crippen LogP contribution is 2.32. The summed E-state index contributed by atoms with van der Waals surface area (Å²) >= 11 is 0. The summed E-state index contributed by atoms with van der Waals surface area (Å²) in [5.41, 5.74) is 1.89. The lowest BCUT2D eigenvalue weighted by Gasteiger charge is -2.36. The first-order valence-corrected chi connectivity index (χ1v) is 11.2. The highest BCUT2D eigenvalue weighted by Gasteiger charge is 2.22. The van der Waals surface area contributed by atoms with Crippen LogP contribution < -0.4 is 19.8 Å². The molecule has 1 aliphatic rings. The van der Waals surface area contributed by atoms with Gasteiger partial charge in [-0.1, -0.05) is 30.3 Å². The molecule has 2 heterocycles. The van der Waals surface area contributed by atoms with Crippen molar-refractivity contribution >= 4 is 16.7 Å². The van der Waals surface area contributed by atoms with Crippen LogP contribution in [-0.4, -0.2) is 43.3 Å². The molecule has 1 aliphatic heterocycles. The van der Waals surface area contributed by atoms with Crippen LogP contribution >= 0.6 is 0 Å². The number of fused-ring (bicyclic) bond motifs is 1. The minimum atomic E-state index is -0.303. The normalized spacial score (nSPS) is 14.3. The Morgan fingerprint density at radius 3 is 2.32 bits per heavy atom. The van der Waals surface area contributed by atoms with E-state index in [4.69, 9.17) is 13.9 Å². The molecule has 1 fully saturated rings. The number of para-hydroxylation sites is 3. The van der Waals surface area contributed by atoms with E-state index < -0.39 is 0 Å². The Morgan fingerprint density at radius 2 is 1.59 bits per heavy atom. The standard InChI is InChI=1S/C27H26N2O5/c1-32-23-9-5-6-10-24(23)34-25-18-33-27-20(26(25)31)11-12-22(30)21(27)17-28-13-15-29(16-14-28)19-7-3-2-4-8-19/h2-12,18,30H,13-17H2,1H3. The number of hydrogen-bond donors (Lipinski definition) is 1. The van der Waals surface area contributed by atoms with E-state index in [-0.39, 0.29) is 16.9 Å². The molecule has 0 amide bonds. The molecule has 0 spiro atoms. The van der Waals surface area contributed by atoms with Gasteiger partial charge in [0.15, 0.2) is 11.5 Å². The second-order valence-corrected chi connectivity index (χ2v) is 8.22. The summed E-state index contributed by atoms with van der Waals surface area (Å²) < 4.78 is 17.0. The van der Waals surface area contributed by atoms with Crippen LogP contribution in [0.15, 0.2) is 82.2 Å². The van der Waals surface area contributed by atoms with Crippen LogP contribution in [0.5, 0.6) is 23.0 Å². The summed E-state index contributed by atoms with van der Waals surface area (Å²) in [5.74, 6) is 1.11. The molecule has 0 atom stereocenters. The predicted octanol–water partition coefficient (Wildman–Crippen LogP) is 4.62. The Kier molecular flexibility index (Phi) is 6.10. The van der Waals surface area contributed by atoms with Gasteiger partial charge in [-0.15, -0.1) is 0 Å². The average molecular weight is 459 g/mol. The number of ether oxygens (including phenoxy) is 2. The number of nitrogens with zero attached hydrogens (tertiary/aromatic N) is 2. The lowest BCUT2D eigenvalue weighted by atomic mass is 10.1. The third kappa shape index (κ3) is 4.30. The van der Waals surface area contributed by atoms with Crippen molar-refractivity contribution in [3.8, 4) is 23.0 Å². The molecule has 7 nitrogen and oxygen atoms in total. The summed E-state index contributed by atoms with van der Waals surface area (Å²) in [5, 5.41) is 10.9. The molecule has 4 aromatic rings. The molecule has 34 heavy (non-hydrogen) atoms. The first kappa shape index (κ1) is 21.9. The van der Waals surface area contributed by atoms with Crippen molar-refractivity contribution in [2.75, 3.05) is 38.2 Å². The molecule has 0 saturated carbocycles. The van der Waals surface area contributed by atoms with Crippen LogP contribution in [-0.2, 0) is 6.54 Å². The second kappa shape index (κ2) is 9.49. The van der Waals surface area contributed by atoms with E-state index in [0.717, 1.165) is 26.2 Å². The second-order valence-electron chi connectivity index (χ2n) is 8.22. The van der Waals surface area contributed by atoms with Crippen LogP contribution in [0.4, 0.5) is 5.69 Å². The number of benzene rings is 3. The van der Waals surface area contributed by atoms with Gasteiger partial charge in [0.1, 0.15) is 17.6 Å². The van der Waals surface area contributed by atoms with E-state index in [1.165, 1.54) is 12.0 Å². The quantitative estimate of drug-likeness (QED) is 0.452. The molecule has 3 aromatic carbocycles. The lowest BCUT2D eigenvalue weighted by molar-refractivity contribution is 0.246. The number of phenols is 1. The molecular formula is C27H26N2O5. The van der Waals surface area contributed by atoms with Gasteiger partial charge < -0.3 is 23.9 Å². The molecule has 1 saturated heterocycles. The number of anilines is 1. The number of hydrogen-bond acceptors (Lipinski definition) is 7. The number of piperazine rings is 1. The molecular weight excluding hydrogens is 432 g/mol. The van der Waals surface area contributed by atoms with Gasteiger partial charge in [0.2, 0.25) is 11.2 Å². The van der Waals surface area contributed by atoms with Crippen molar-refractivity contribution in [1.29, 1.82) is 0 Å². The monoisotopic (exact) mass is 458 g/mol. The fourth-order valence-corrected chi connectivity index (χ4v) is 4.30. The smallest absolute Gasteiger partial charge is 0.235 e. The van der Waals surface area contributed by atoms with Gasteiger partial charge in [0.25, 0.3) is 0 Å². The zero-order valence-electron chi connectivity index (χ0n) is 18.9. The minimum Gasteiger partial charge on any atom is -0.507 e. The van der Waals surface area contributed by atoms with Gasteiger partial charge in [-0.2, -0.15) is 0 Å². The minimum absolute atomic E-state index is 0.0603. The van der Waals surface area contributed by atoms with Crippen molar-refractivity contribution in [3.63, 3.8) is 0 Å². The summed E-state index contributed by atoms with van der Waals surface area (Å²) in [6, 6.07) is 20.6. The highest BCUT2D eigenvalue weighted by atomic mass is 16.5. The number of methoxy groups -OCH3 is 1. The van der Waals surface area contributed by atoms with Crippen LogP contribution in [0.2, 0.25) is 0 Å². The number of rotatable bonds is 6. The van der Waals surface area contributed by atoms with Crippen molar-refractivity contribution in [2.45, 2.75) is 6.54 Å². The Morgan fingerprint density at radius 1 is 0.882 bits per heavy atom. The molecule has 5 rings (SSSR count). The third-order valence-corrected chi connectivity index (χ3v) is 6.15. The van der Waals surface area contributed by atoms with Gasteiger partial charge >= 0.3 is 0 Å². The SMILES string of the molecule is COc1ccccc1Oc1coc2c(CN3CCN(c4ccccc4)CC3)c(O)ccc2c1=O. The molecule has 174 valence electrons. The lowest BCUT2D eigenvalue weighted by Crippen LogP contribution is -2.46. The average Bonchev–Trinajstić information content (AvgIpc) is 2.88. The van der Waals surface area contributed by atoms with Gasteiger partial charge in [-0.05, 0) is 36.4 Å². The molecule has 1 aromatic heterocycles. The molecule has 0 bridgehead atoms. The molecule has 7 heteroatoms. The van der Waals surface area contributed by atoms with Crippen molar-refractivity contribution in [1.82, 2.24) is 4.90 Å². The summed E-state index contributed by atoms with van der Waals surface area (Å²) in [6.45, 7) is 3.93. The van der Waals surface area contributed by atoms with E-state index in [9.17, 15) is 9.90 Å². The predicted molar refractivity (Wildman–Crippen MR) is 131 cm³/mol. The Balaban J connectivity index is 1.38. The molecule has 1 N–H and O–H groups in total. The molecule has 0 unspecified atom stereocenters. The largest absolute Gasteiger partial charge is 0.507 e. The Bertz CT molecular complexity index is 1340. The Labute approximate surface area is 197 Å². The summed E-state index contributed by atoms with van der Waals surface area (Å²) in [4.78, 5) is 17.8. The fourth-order valence-electron chi connectivity index (χ4n) is 4.30. The van der Waals surface area contributed by atoms with Crippen molar-refractivity contribution in [2.24, 2.45) is 0 Å². The zero-order chi connectivity index (χ0) is 23.5. The van der Waals surface area contributed by atoms with Gasteiger partial charge in [-0.3, -0.25) is 9.69 Å². The summed E-state index contributed by atoms with van der Waals surface area (Å²) in [6.07, 6.45) is 1.30. The van der Waals surface area contributed by atoms with Gasteiger partial charge in [0.05, 0.1) is 18.1 Å². The molecule has 0 aliphatic carbocycles. The maximum absolute atomic E-state index is 13.2. The fraction of sp³-hybridized carbons (Fsp3) is 0.222. The third-order valence-electron chi connectivity index (χ3n) is 6.15. The van der Waals surface area contributed by atoms with E-state index in [2.05, 4.69) is 21.9 Å². The van der Waals surface area contributed by atoms with Crippen LogP contribution in [0.3, 0.4) is 0 Å².